The van der Waals surface area contributed by atoms with Crippen molar-refractivity contribution in [3.8, 4) is 0 Å². The van der Waals surface area contributed by atoms with Crippen molar-refractivity contribution < 1.29 is 14.0 Å². The topological polar surface area (TPSA) is 64.7 Å². The third-order valence-corrected chi connectivity index (χ3v) is 4.92. The third kappa shape index (κ3) is 6.87. The molecule has 1 fully saturated rings. The van der Waals surface area contributed by atoms with Crippen molar-refractivity contribution in [3.63, 3.8) is 0 Å². The van der Waals surface area contributed by atoms with Gasteiger partial charge in [-0.25, -0.2) is 9.18 Å². The third-order valence-electron chi connectivity index (χ3n) is 4.92. The number of piperazine rings is 1. The lowest BCUT2D eigenvalue weighted by Gasteiger charge is -2.34. The highest BCUT2D eigenvalue weighted by atomic mass is 19.1. The minimum Gasteiger partial charge on any atom is -0.338 e. The number of halogens is 1. The van der Waals surface area contributed by atoms with Gasteiger partial charge in [0.2, 0.25) is 5.91 Å². The summed E-state index contributed by atoms with van der Waals surface area (Å²) in [5.74, 6) is -0.479. The first-order valence-corrected chi connectivity index (χ1v) is 9.94. The molecule has 0 spiro atoms. The minimum atomic E-state index is -0.336. The maximum atomic E-state index is 12.9. The maximum absolute atomic E-state index is 12.9. The number of benzene rings is 2. The number of amides is 3. The van der Waals surface area contributed by atoms with E-state index in [2.05, 4.69) is 22.8 Å². The Morgan fingerprint density at radius 1 is 0.931 bits per heavy atom. The molecule has 3 amide bonds. The first-order valence-electron chi connectivity index (χ1n) is 9.94. The summed E-state index contributed by atoms with van der Waals surface area (Å²) in [5, 5.41) is 5.73. The molecule has 3 rings (SSSR count). The van der Waals surface area contributed by atoms with Gasteiger partial charge < -0.3 is 15.5 Å². The Kier molecular flexibility index (Phi) is 7.58. The molecule has 2 aromatic rings. The highest BCUT2D eigenvalue weighted by molar-refractivity contribution is 5.92. The number of carbonyl (C=O) groups is 2. The van der Waals surface area contributed by atoms with Crippen molar-refractivity contribution in [2.45, 2.75) is 12.8 Å². The fourth-order valence-corrected chi connectivity index (χ4v) is 3.29. The SMILES string of the molecule is O=C(CN1CCN(C(=O)NCCCc2ccccc2)CC1)Nc1ccc(F)cc1. The molecule has 2 aromatic carbocycles. The number of aryl methyl sites for hydroxylation is 1. The molecular formula is C22H27FN4O2. The summed E-state index contributed by atoms with van der Waals surface area (Å²) in [6.45, 7) is 3.38. The number of nitrogens with zero attached hydrogens (tertiary/aromatic N) is 2. The van der Waals surface area contributed by atoms with Crippen molar-refractivity contribution in [2.75, 3.05) is 44.6 Å². The molecule has 0 unspecified atom stereocenters. The maximum Gasteiger partial charge on any atom is 0.317 e. The Bertz CT molecular complexity index is 790. The molecular weight excluding hydrogens is 371 g/mol. The molecule has 1 saturated heterocycles. The van der Waals surface area contributed by atoms with Gasteiger partial charge in [-0.1, -0.05) is 30.3 Å². The molecule has 0 atom stereocenters. The van der Waals surface area contributed by atoms with Crippen LogP contribution in [0.1, 0.15) is 12.0 Å². The molecule has 6 nitrogen and oxygen atoms in total. The van der Waals surface area contributed by atoms with Crippen molar-refractivity contribution >= 4 is 17.6 Å². The van der Waals surface area contributed by atoms with E-state index in [1.165, 1.54) is 29.8 Å². The van der Waals surface area contributed by atoms with Crippen molar-refractivity contribution in [1.82, 2.24) is 15.1 Å². The molecule has 0 bridgehead atoms. The van der Waals surface area contributed by atoms with Crippen LogP contribution in [0, 0.1) is 5.82 Å². The number of rotatable bonds is 7. The van der Waals surface area contributed by atoms with E-state index in [0.717, 1.165) is 12.8 Å². The zero-order chi connectivity index (χ0) is 20.5. The Morgan fingerprint density at radius 2 is 1.62 bits per heavy atom. The summed E-state index contributed by atoms with van der Waals surface area (Å²) in [4.78, 5) is 28.2. The molecule has 0 aromatic heterocycles. The number of carbonyl (C=O) groups excluding carboxylic acids is 2. The molecule has 154 valence electrons. The van der Waals surface area contributed by atoms with Gasteiger partial charge in [-0.05, 0) is 42.7 Å². The summed E-state index contributed by atoms with van der Waals surface area (Å²) in [6.07, 6.45) is 1.84. The lowest BCUT2D eigenvalue weighted by molar-refractivity contribution is -0.117. The van der Waals surface area contributed by atoms with E-state index in [4.69, 9.17) is 0 Å². The Balaban J connectivity index is 1.31. The first-order chi connectivity index (χ1) is 14.1. The zero-order valence-corrected chi connectivity index (χ0v) is 16.4. The van der Waals surface area contributed by atoms with Gasteiger partial charge in [0.15, 0.2) is 0 Å². The highest BCUT2D eigenvalue weighted by Crippen LogP contribution is 2.09. The van der Waals surface area contributed by atoms with Crippen LogP contribution in [0.3, 0.4) is 0 Å². The van der Waals surface area contributed by atoms with Gasteiger partial charge in [0.05, 0.1) is 6.54 Å². The normalized spacial score (nSPS) is 14.4. The lowest BCUT2D eigenvalue weighted by Crippen LogP contribution is -2.53. The zero-order valence-electron chi connectivity index (χ0n) is 16.4. The van der Waals surface area contributed by atoms with Gasteiger partial charge in [0.1, 0.15) is 5.82 Å². The van der Waals surface area contributed by atoms with E-state index in [0.29, 0.717) is 38.4 Å². The standard InChI is InChI=1S/C22H27FN4O2/c23-19-8-10-20(11-9-19)25-21(28)17-26-13-15-27(16-14-26)22(29)24-12-4-7-18-5-2-1-3-6-18/h1-3,5-6,8-11H,4,7,12-17H2,(H,24,29)(H,25,28). The van der Waals surface area contributed by atoms with Gasteiger partial charge in [-0.2, -0.15) is 0 Å². The molecule has 29 heavy (non-hydrogen) atoms. The Morgan fingerprint density at radius 3 is 2.31 bits per heavy atom. The van der Waals surface area contributed by atoms with Crippen LogP contribution in [-0.2, 0) is 11.2 Å². The van der Waals surface area contributed by atoms with E-state index in [-0.39, 0.29) is 24.3 Å². The first kappa shape index (κ1) is 20.8. The van der Waals surface area contributed by atoms with Crippen LogP contribution in [0.15, 0.2) is 54.6 Å². The number of hydrogen-bond acceptors (Lipinski definition) is 3. The summed E-state index contributed by atoms with van der Waals surface area (Å²) in [6, 6.07) is 15.9. The molecule has 2 N–H and O–H groups in total. The van der Waals surface area contributed by atoms with Crippen LogP contribution in [0.25, 0.3) is 0 Å². The van der Waals surface area contributed by atoms with E-state index in [9.17, 15) is 14.0 Å². The average molecular weight is 398 g/mol. The summed E-state index contributed by atoms with van der Waals surface area (Å²) >= 11 is 0. The lowest BCUT2D eigenvalue weighted by atomic mass is 10.1. The van der Waals surface area contributed by atoms with Crippen LogP contribution in [-0.4, -0.2) is 61.0 Å². The second-order valence-corrected chi connectivity index (χ2v) is 7.14. The highest BCUT2D eigenvalue weighted by Gasteiger charge is 2.22. The summed E-state index contributed by atoms with van der Waals surface area (Å²) in [7, 11) is 0. The van der Waals surface area contributed by atoms with Gasteiger partial charge in [-0.15, -0.1) is 0 Å². The smallest absolute Gasteiger partial charge is 0.317 e. The Hall–Kier alpha value is -2.93. The second-order valence-electron chi connectivity index (χ2n) is 7.14. The van der Waals surface area contributed by atoms with Gasteiger partial charge in [-0.3, -0.25) is 9.69 Å². The van der Waals surface area contributed by atoms with Crippen LogP contribution in [0.4, 0.5) is 14.9 Å². The van der Waals surface area contributed by atoms with Crippen LogP contribution in [0.5, 0.6) is 0 Å². The van der Waals surface area contributed by atoms with Crippen molar-refractivity contribution in [3.05, 3.63) is 66.0 Å². The fourth-order valence-electron chi connectivity index (χ4n) is 3.29. The molecule has 0 saturated carbocycles. The Labute approximate surface area is 170 Å². The van der Waals surface area contributed by atoms with Crippen molar-refractivity contribution in [1.29, 1.82) is 0 Å². The fraction of sp³-hybridized carbons (Fsp3) is 0.364. The quantitative estimate of drug-likeness (QED) is 0.705. The predicted octanol–water partition coefficient (Wildman–Crippen LogP) is 2.72. The van der Waals surface area contributed by atoms with E-state index in [1.807, 2.05) is 23.1 Å². The average Bonchev–Trinajstić information content (AvgIpc) is 2.74. The molecule has 1 aliphatic rings. The predicted molar refractivity (Wildman–Crippen MR) is 111 cm³/mol. The number of hydrogen-bond donors (Lipinski definition) is 2. The second kappa shape index (κ2) is 10.6. The minimum absolute atomic E-state index is 0.0477. The van der Waals surface area contributed by atoms with Gasteiger partial charge in [0.25, 0.3) is 0 Å². The van der Waals surface area contributed by atoms with E-state index in [1.54, 1.807) is 4.90 Å². The molecule has 1 heterocycles. The van der Waals surface area contributed by atoms with E-state index < -0.39 is 0 Å². The van der Waals surface area contributed by atoms with Gasteiger partial charge >= 0.3 is 6.03 Å². The molecule has 7 heteroatoms. The summed E-state index contributed by atoms with van der Waals surface area (Å²) < 4.78 is 12.9. The molecule has 0 radical (unpaired) electrons. The monoisotopic (exact) mass is 398 g/mol. The number of anilines is 1. The largest absolute Gasteiger partial charge is 0.338 e. The van der Waals surface area contributed by atoms with Crippen LogP contribution in [0.2, 0.25) is 0 Å². The number of nitrogens with one attached hydrogen (secondary N) is 2. The number of urea groups is 1. The van der Waals surface area contributed by atoms with E-state index >= 15 is 0 Å². The summed E-state index contributed by atoms with van der Waals surface area (Å²) in [5.41, 5.74) is 1.85. The molecule has 1 aliphatic heterocycles. The van der Waals surface area contributed by atoms with Crippen LogP contribution >= 0.6 is 0 Å². The van der Waals surface area contributed by atoms with Crippen LogP contribution < -0.4 is 10.6 Å². The van der Waals surface area contributed by atoms with Gasteiger partial charge in [0, 0.05) is 38.4 Å². The van der Waals surface area contributed by atoms with Crippen molar-refractivity contribution in [2.24, 2.45) is 0 Å². The molecule has 0 aliphatic carbocycles.